The Morgan fingerprint density at radius 1 is 1.15 bits per heavy atom. The fraction of sp³-hybridized carbons (Fsp3) is 0.679. The molecule has 8 nitrogen and oxygen atoms in total. The molecule has 1 aromatic heterocycles. The molecule has 1 aromatic carbocycles. The zero-order valence-electron chi connectivity index (χ0n) is 23.4. The molecular weight excluding hydrogens is 680 g/mol. The second kappa shape index (κ2) is 11.1. The predicted octanol–water partition coefficient (Wildman–Crippen LogP) is 6.22. The molecule has 5 rings (SSSR count). The fourth-order valence-corrected chi connectivity index (χ4v) is 6.84. The normalized spacial score (nSPS) is 23.3. The highest BCUT2D eigenvalue weighted by Crippen LogP contribution is 2.43. The van der Waals surface area contributed by atoms with Gasteiger partial charge in [0.15, 0.2) is 5.82 Å². The molecule has 3 heterocycles. The van der Waals surface area contributed by atoms with E-state index < -0.39 is 5.60 Å². The number of rotatable bonds is 4. The van der Waals surface area contributed by atoms with Crippen LogP contribution in [0.4, 0.5) is 15.0 Å². The van der Waals surface area contributed by atoms with E-state index in [1.807, 2.05) is 26.8 Å². The lowest BCUT2D eigenvalue weighted by molar-refractivity contribution is -0.0434. The van der Waals surface area contributed by atoms with E-state index >= 15 is 4.39 Å². The van der Waals surface area contributed by atoms with Gasteiger partial charge < -0.3 is 24.2 Å². The molecule has 0 bridgehead atoms. The lowest BCUT2D eigenvalue weighted by Gasteiger charge is -2.53. The van der Waals surface area contributed by atoms with Gasteiger partial charge in [0.1, 0.15) is 23.0 Å². The van der Waals surface area contributed by atoms with Crippen molar-refractivity contribution in [1.82, 2.24) is 19.8 Å². The number of amides is 1. The third-order valence-electron chi connectivity index (χ3n) is 8.26. The molecule has 2 saturated heterocycles. The van der Waals surface area contributed by atoms with Gasteiger partial charge in [-0.1, -0.05) is 0 Å². The first-order chi connectivity index (χ1) is 18.3. The number of benzene rings is 1. The Labute approximate surface area is 252 Å². The van der Waals surface area contributed by atoms with Crippen LogP contribution in [0.15, 0.2) is 10.5 Å². The largest absolute Gasteiger partial charge is 0.460 e. The van der Waals surface area contributed by atoms with Gasteiger partial charge in [-0.15, -0.1) is 0 Å². The maximum atomic E-state index is 15.5. The van der Waals surface area contributed by atoms with E-state index in [4.69, 9.17) is 14.5 Å². The SMILES string of the molecule is CN(C)[C@H]1CC[C@@H](Oc2nc(N3CCC4(CC3)CN(C(=O)OC(C)(C)C)C4)c3cc(I)c(Br)c(F)c3n2)CC1. The Morgan fingerprint density at radius 2 is 1.79 bits per heavy atom. The third kappa shape index (κ3) is 6.24. The Balaban J connectivity index is 1.33. The molecule has 39 heavy (non-hydrogen) atoms. The van der Waals surface area contributed by atoms with Crippen molar-refractivity contribution in [3.05, 3.63) is 19.9 Å². The van der Waals surface area contributed by atoms with E-state index in [0.717, 1.165) is 61.0 Å². The Bertz CT molecular complexity index is 1230. The van der Waals surface area contributed by atoms with E-state index in [1.54, 1.807) is 4.90 Å². The molecule has 214 valence electrons. The number of likely N-dealkylation sites (tertiary alicyclic amines) is 1. The highest BCUT2D eigenvalue weighted by Gasteiger charge is 2.48. The molecule has 2 aromatic rings. The third-order valence-corrected chi connectivity index (χ3v) is 10.6. The summed E-state index contributed by atoms with van der Waals surface area (Å²) in [6, 6.07) is 2.76. The zero-order chi connectivity index (χ0) is 28.1. The van der Waals surface area contributed by atoms with Crippen LogP contribution in [0, 0.1) is 14.8 Å². The second-order valence-corrected chi connectivity index (χ2v) is 14.5. The standard InChI is InChI=1S/C28H38BrFIN5O3/c1-27(2,3)39-26(37)36-15-28(16-36)10-12-35(13-11-28)24-19-14-20(31)21(29)22(30)23(19)32-25(33-24)38-18-8-6-17(7-9-18)34(4)5/h14,17-18H,6-13,15-16H2,1-5H3/t17-,18+. The van der Waals surface area contributed by atoms with E-state index in [9.17, 15) is 4.79 Å². The summed E-state index contributed by atoms with van der Waals surface area (Å²) in [4.78, 5) is 28.2. The smallest absolute Gasteiger partial charge is 0.410 e. The van der Waals surface area contributed by atoms with Gasteiger partial charge in [0, 0.05) is 46.6 Å². The lowest BCUT2D eigenvalue weighted by Crippen LogP contribution is -2.62. The minimum absolute atomic E-state index is 0.0280. The first-order valence-electron chi connectivity index (χ1n) is 13.8. The molecule has 1 aliphatic carbocycles. The van der Waals surface area contributed by atoms with Crippen molar-refractivity contribution in [2.75, 3.05) is 45.2 Å². The van der Waals surface area contributed by atoms with Crippen LogP contribution in [0.2, 0.25) is 0 Å². The van der Waals surface area contributed by atoms with Gasteiger partial charge in [0.05, 0.1) is 4.47 Å². The van der Waals surface area contributed by atoms with Crippen LogP contribution >= 0.6 is 38.5 Å². The number of ether oxygens (including phenoxy) is 2. The van der Waals surface area contributed by atoms with Gasteiger partial charge in [-0.3, -0.25) is 0 Å². The molecule has 3 aliphatic rings. The number of hydrogen-bond donors (Lipinski definition) is 0. The Kier molecular flexibility index (Phi) is 8.25. The number of carbonyl (C=O) groups is 1. The molecule has 2 aliphatic heterocycles. The minimum Gasteiger partial charge on any atom is -0.460 e. The molecule has 1 saturated carbocycles. The number of hydrogen-bond acceptors (Lipinski definition) is 7. The molecule has 0 N–H and O–H groups in total. The molecule has 11 heteroatoms. The number of nitrogens with zero attached hydrogens (tertiary/aromatic N) is 5. The molecular formula is C28H38BrFIN5O3. The summed E-state index contributed by atoms with van der Waals surface area (Å²) >= 11 is 5.53. The summed E-state index contributed by atoms with van der Waals surface area (Å²) in [6.07, 6.45) is 5.62. The summed E-state index contributed by atoms with van der Waals surface area (Å²) in [5.74, 6) is 0.335. The zero-order valence-corrected chi connectivity index (χ0v) is 27.1. The summed E-state index contributed by atoms with van der Waals surface area (Å²) in [5.41, 5.74) is -0.113. The summed E-state index contributed by atoms with van der Waals surface area (Å²) in [6.45, 7) is 8.64. The average Bonchev–Trinajstić information content (AvgIpc) is 2.85. The van der Waals surface area contributed by atoms with E-state index in [2.05, 4.69) is 67.4 Å². The first-order valence-corrected chi connectivity index (χ1v) is 15.6. The number of halogens is 3. The summed E-state index contributed by atoms with van der Waals surface area (Å²) < 4.78 is 28.5. The van der Waals surface area contributed by atoms with Crippen molar-refractivity contribution in [2.45, 2.75) is 77.0 Å². The number of anilines is 1. The first kappa shape index (κ1) is 29.0. The van der Waals surface area contributed by atoms with Crippen LogP contribution in [-0.4, -0.2) is 83.9 Å². The van der Waals surface area contributed by atoms with Gasteiger partial charge >= 0.3 is 12.1 Å². The monoisotopic (exact) mass is 717 g/mol. The number of aromatic nitrogens is 2. The Hall–Kier alpha value is -1.47. The van der Waals surface area contributed by atoms with Crippen molar-refractivity contribution < 1.29 is 18.7 Å². The average molecular weight is 718 g/mol. The molecule has 1 amide bonds. The minimum atomic E-state index is -0.496. The van der Waals surface area contributed by atoms with E-state index in [1.165, 1.54) is 0 Å². The molecule has 1 spiro atoms. The molecule has 3 fully saturated rings. The van der Waals surface area contributed by atoms with Crippen LogP contribution in [0.25, 0.3) is 10.9 Å². The maximum Gasteiger partial charge on any atom is 0.410 e. The Morgan fingerprint density at radius 3 is 2.38 bits per heavy atom. The van der Waals surface area contributed by atoms with Crippen molar-refractivity contribution >= 4 is 61.3 Å². The number of piperidine rings is 1. The van der Waals surface area contributed by atoms with Crippen molar-refractivity contribution in [3.8, 4) is 6.01 Å². The molecule has 0 unspecified atom stereocenters. The molecule has 0 atom stereocenters. The number of carbonyl (C=O) groups excluding carboxylic acids is 1. The predicted molar refractivity (Wildman–Crippen MR) is 162 cm³/mol. The quantitative estimate of drug-likeness (QED) is 0.275. The van der Waals surface area contributed by atoms with Gasteiger partial charge in [-0.05, 0) is 118 Å². The maximum absolute atomic E-state index is 15.5. The van der Waals surface area contributed by atoms with Crippen LogP contribution in [0.3, 0.4) is 0 Å². The van der Waals surface area contributed by atoms with Gasteiger partial charge in [0.25, 0.3) is 0 Å². The van der Waals surface area contributed by atoms with Crippen molar-refractivity contribution in [2.24, 2.45) is 5.41 Å². The number of fused-ring (bicyclic) bond motifs is 1. The van der Waals surface area contributed by atoms with Crippen molar-refractivity contribution in [3.63, 3.8) is 0 Å². The van der Waals surface area contributed by atoms with Gasteiger partial charge in [0.2, 0.25) is 0 Å². The highest BCUT2D eigenvalue weighted by atomic mass is 127. The van der Waals surface area contributed by atoms with Crippen LogP contribution in [0.1, 0.15) is 59.3 Å². The van der Waals surface area contributed by atoms with E-state index in [0.29, 0.717) is 29.0 Å². The summed E-state index contributed by atoms with van der Waals surface area (Å²) in [7, 11) is 4.24. The fourth-order valence-electron chi connectivity index (χ4n) is 5.99. The van der Waals surface area contributed by atoms with Crippen LogP contribution in [0.5, 0.6) is 6.01 Å². The van der Waals surface area contributed by atoms with Crippen molar-refractivity contribution in [1.29, 1.82) is 0 Å². The molecule has 0 radical (unpaired) electrons. The van der Waals surface area contributed by atoms with E-state index in [-0.39, 0.29) is 35.0 Å². The second-order valence-electron chi connectivity index (χ2n) is 12.5. The summed E-state index contributed by atoms with van der Waals surface area (Å²) in [5, 5.41) is 0.698. The lowest BCUT2D eigenvalue weighted by atomic mass is 9.72. The van der Waals surface area contributed by atoms with Gasteiger partial charge in [-0.25, -0.2) is 9.18 Å². The van der Waals surface area contributed by atoms with Crippen LogP contribution in [-0.2, 0) is 4.74 Å². The topological polar surface area (TPSA) is 71.0 Å². The van der Waals surface area contributed by atoms with Gasteiger partial charge in [-0.2, -0.15) is 9.97 Å². The highest BCUT2D eigenvalue weighted by molar-refractivity contribution is 14.1. The van der Waals surface area contributed by atoms with Crippen LogP contribution < -0.4 is 9.64 Å².